The van der Waals surface area contributed by atoms with E-state index in [4.69, 9.17) is 4.52 Å². The van der Waals surface area contributed by atoms with Crippen molar-refractivity contribution in [3.05, 3.63) is 35.7 Å². The second-order valence-corrected chi connectivity index (χ2v) is 7.58. The minimum Gasteiger partial charge on any atom is -0.338 e. The van der Waals surface area contributed by atoms with Crippen LogP contribution < -0.4 is 0 Å². The van der Waals surface area contributed by atoms with Crippen LogP contribution in [-0.2, 0) is 16.6 Å². The highest BCUT2D eigenvalue weighted by molar-refractivity contribution is 7.84. The molecule has 1 atom stereocenters. The molecule has 1 aliphatic rings. The van der Waals surface area contributed by atoms with Gasteiger partial charge in [-0.25, -0.2) is 0 Å². The van der Waals surface area contributed by atoms with Gasteiger partial charge in [-0.05, 0) is 31.2 Å². The number of aromatic nitrogens is 2. The van der Waals surface area contributed by atoms with Crippen LogP contribution in [0.25, 0.3) is 11.4 Å². The SMILES string of the molecule is Cc1ccccc1-c1noc(C[S@](=O)CC2CCCCC2)n1. The maximum atomic E-state index is 12.3. The van der Waals surface area contributed by atoms with Gasteiger partial charge in [0.1, 0.15) is 5.75 Å². The Labute approximate surface area is 133 Å². The summed E-state index contributed by atoms with van der Waals surface area (Å²) in [4.78, 5) is 4.40. The number of rotatable bonds is 5. The van der Waals surface area contributed by atoms with Crippen LogP contribution in [0.5, 0.6) is 0 Å². The molecule has 4 nitrogen and oxygen atoms in total. The summed E-state index contributed by atoms with van der Waals surface area (Å²) in [5.74, 6) is 2.81. The van der Waals surface area contributed by atoms with Gasteiger partial charge >= 0.3 is 0 Å². The first-order valence-corrected chi connectivity index (χ1v) is 9.45. The predicted octanol–water partition coefficient (Wildman–Crippen LogP) is 3.87. The molecule has 1 aromatic heterocycles. The predicted molar refractivity (Wildman–Crippen MR) is 87.8 cm³/mol. The lowest BCUT2D eigenvalue weighted by molar-refractivity contribution is 0.383. The summed E-state index contributed by atoms with van der Waals surface area (Å²) < 4.78 is 17.6. The molecule has 5 heteroatoms. The minimum atomic E-state index is -0.913. The Morgan fingerprint density at radius 3 is 2.77 bits per heavy atom. The molecule has 0 saturated heterocycles. The summed E-state index contributed by atoms with van der Waals surface area (Å²) in [6, 6.07) is 7.94. The molecule has 3 rings (SSSR count). The van der Waals surface area contributed by atoms with E-state index in [1.807, 2.05) is 31.2 Å². The number of nitrogens with zero attached hydrogens (tertiary/aromatic N) is 2. The van der Waals surface area contributed by atoms with Crippen LogP contribution >= 0.6 is 0 Å². The van der Waals surface area contributed by atoms with Gasteiger partial charge in [-0.1, -0.05) is 48.7 Å². The molecule has 1 aliphatic carbocycles. The third kappa shape index (κ3) is 3.83. The molecular weight excluding hydrogens is 296 g/mol. The van der Waals surface area contributed by atoms with Gasteiger partial charge in [0.2, 0.25) is 11.7 Å². The fraction of sp³-hybridized carbons (Fsp3) is 0.529. The van der Waals surface area contributed by atoms with Crippen molar-refractivity contribution in [3.63, 3.8) is 0 Å². The highest BCUT2D eigenvalue weighted by Crippen LogP contribution is 2.25. The number of benzene rings is 1. The molecule has 118 valence electrons. The summed E-state index contributed by atoms with van der Waals surface area (Å²) in [5, 5.41) is 4.03. The Hall–Kier alpha value is -1.49. The molecule has 22 heavy (non-hydrogen) atoms. The standard InChI is InChI=1S/C17H22N2O2S/c1-13-7-5-6-10-15(13)17-18-16(21-19-17)12-22(20)11-14-8-3-2-4-9-14/h5-7,10,14H,2-4,8-9,11-12H2,1H3/t22-/m1/s1. The van der Waals surface area contributed by atoms with Gasteiger partial charge < -0.3 is 4.52 Å². The summed E-state index contributed by atoms with van der Waals surface area (Å²) in [6.07, 6.45) is 6.31. The molecule has 1 heterocycles. The van der Waals surface area contributed by atoms with Crippen molar-refractivity contribution < 1.29 is 8.73 Å². The van der Waals surface area contributed by atoms with Gasteiger partial charge in [0.25, 0.3) is 0 Å². The summed E-state index contributed by atoms with van der Waals surface area (Å²) in [5.41, 5.74) is 2.08. The normalized spacial score (nSPS) is 17.5. The van der Waals surface area contributed by atoms with E-state index >= 15 is 0 Å². The molecule has 0 radical (unpaired) electrons. The second-order valence-electron chi connectivity index (χ2n) is 6.08. The first-order chi connectivity index (χ1) is 10.7. The number of aryl methyl sites for hydroxylation is 1. The molecule has 1 saturated carbocycles. The summed E-state index contributed by atoms with van der Waals surface area (Å²) in [6.45, 7) is 2.02. The van der Waals surface area contributed by atoms with Gasteiger partial charge in [-0.2, -0.15) is 4.98 Å². The molecule has 1 aromatic carbocycles. The van der Waals surface area contributed by atoms with Crippen molar-refractivity contribution in [2.24, 2.45) is 5.92 Å². The van der Waals surface area contributed by atoms with Gasteiger partial charge in [0, 0.05) is 22.1 Å². The van der Waals surface area contributed by atoms with E-state index in [-0.39, 0.29) is 0 Å². The first-order valence-electron chi connectivity index (χ1n) is 7.96. The number of hydrogen-bond donors (Lipinski definition) is 0. The highest BCUT2D eigenvalue weighted by Gasteiger charge is 2.18. The van der Waals surface area contributed by atoms with E-state index in [9.17, 15) is 4.21 Å². The van der Waals surface area contributed by atoms with Gasteiger partial charge in [-0.15, -0.1) is 0 Å². The van der Waals surface area contributed by atoms with Crippen LogP contribution in [-0.4, -0.2) is 20.1 Å². The van der Waals surface area contributed by atoms with Crippen LogP contribution in [0, 0.1) is 12.8 Å². The fourth-order valence-electron chi connectivity index (χ4n) is 3.06. The van der Waals surface area contributed by atoms with Gasteiger partial charge in [0.05, 0.1) is 0 Å². The van der Waals surface area contributed by atoms with Crippen molar-refractivity contribution in [2.75, 3.05) is 5.75 Å². The van der Waals surface area contributed by atoms with Crippen molar-refractivity contribution in [1.82, 2.24) is 10.1 Å². The topological polar surface area (TPSA) is 56.0 Å². The minimum absolute atomic E-state index is 0.370. The lowest BCUT2D eigenvalue weighted by Gasteiger charge is -2.20. The molecule has 0 amide bonds. The third-order valence-electron chi connectivity index (χ3n) is 4.28. The lowest BCUT2D eigenvalue weighted by atomic mass is 9.91. The molecule has 0 aliphatic heterocycles. The van der Waals surface area contributed by atoms with Crippen LogP contribution in [0.4, 0.5) is 0 Å². The third-order valence-corrected chi connectivity index (χ3v) is 5.70. The van der Waals surface area contributed by atoms with E-state index in [0.717, 1.165) is 16.9 Å². The van der Waals surface area contributed by atoms with Crippen molar-refractivity contribution in [1.29, 1.82) is 0 Å². The Morgan fingerprint density at radius 1 is 1.23 bits per heavy atom. The molecule has 0 spiro atoms. The zero-order valence-electron chi connectivity index (χ0n) is 13.0. The van der Waals surface area contributed by atoms with Crippen molar-refractivity contribution in [2.45, 2.75) is 44.8 Å². The largest absolute Gasteiger partial charge is 0.338 e. The number of hydrogen-bond acceptors (Lipinski definition) is 4. The average molecular weight is 318 g/mol. The van der Waals surface area contributed by atoms with E-state index in [1.54, 1.807) is 0 Å². The fourth-order valence-corrected chi connectivity index (χ4v) is 4.43. The molecule has 1 fully saturated rings. The summed E-state index contributed by atoms with van der Waals surface area (Å²) in [7, 11) is -0.913. The zero-order valence-corrected chi connectivity index (χ0v) is 13.8. The van der Waals surface area contributed by atoms with Gasteiger partial charge in [-0.3, -0.25) is 4.21 Å². The average Bonchev–Trinajstić information content (AvgIpc) is 2.97. The summed E-state index contributed by atoms with van der Waals surface area (Å²) >= 11 is 0. The lowest BCUT2D eigenvalue weighted by Crippen LogP contribution is -2.15. The van der Waals surface area contributed by atoms with Crippen LogP contribution in [0.15, 0.2) is 28.8 Å². The maximum Gasteiger partial charge on any atom is 0.239 e. The van der Waals surface area contributed by atoms with Crippen molar-refractivity contribution >= 4 is 10.8 Å². The smallest absolute Gasteiger partial charge is 0.239 e. The Morgan fingerprint density at radius 2 is 2.00 bits per heavy atom. The van der Waals surface area contributed by atoms with Gasteiger partial charge in [0.15, 0.2) is 0 Å². The monoisotopic (exact) mass is 318 g/mol. The van der Waals surface area contributed by atoms with E-state index in [2.05, 4.69) is 10.1 Å². The van der Waals surface area contributed by atoms with Crippen LogP contribution in [0.3, 0.4) is 0 Å². The molecule has 2 aromatic rings. The van der Waals surface area contributed by atoms with E-state index in [0.29, 0.717) is 23.4 Å². The maximum absolute atomic E-state index is 12.3. The Kier molecular flexibility index (Phi) is 5.03. The van der Waals surface area contributed by atoms with Crippen LogP contribution in [0.1, 0.15) is 43.6 Å². The van der Waals surface area contributed by atoms with Crippen LogP contribution in [0.2, 0.25) is 0 Å². The Balaban J connectivity index is 1.62. The quantitative estimate of drug-likeness (QED) is 0.839. The Bertz CT molecular complexity index is 648. The van der Waals surface area contributed by atoms with E-state index < -0.39 is 10.8 Å². The molecule has 0 unspecified atom stereocenters. The van der Waals surface area contributed by atoms with Crippen molar-refractivity contribution in [3.8, 4) is 11.4 Å². The first kappa shape index (κ1) is 15.4. The highest BCUT2D eigenvalue weighted by atomic mass is 32.2. The molecule has 0 bridgehead atoms. The molecular formula is C17H22N2O2S. The molecule has 0 N–H and O–H groups in total. The van der Waals surface area contributed by atoms with E-state index in [1.165, 1.54) is 32.1 Å². The second kappa shape index (κ2) is 7.18. The zero-order chi connectivity index (χ0) is 15.4.